The Kier molecular flexibility index (Phi) is 4.37. The van der Waals surface area contributed by atoms with E-state index in [0.29, 0.717) is 11.3 Å². The number of hydrogen-bond donors (Lipinski definition) is 1. The topological polar surface area (TPSA) is 73.3 Å². The van der Waals surface area contributed by atoms with Crippen LogP contribution in [0, 0.1) is 0 Å². The number of benzene rings is 1. The second-order valence-electron chi connectivity index (χ2n) is 3.74. The molecule has 104 valence electrons. The summed E-state index contributed by atoms with van der Waals surface area (Å²) in [4.78, 5) is 19.9. The molecule has 0 fully saturated rings. The molecular formula is C13H12ClN3O3. The van der Waals surface area contributed by atoms with Crippen LogP contribution in [-0.4, -0.2) is 30.1 Å². The first kappa shape index (κ1) is 14.1. The van der Waals surface area contributed by atoms with Crippen molar-refractivity contribution in [1.29, 1.82) is 0 Å². The number of amides is 1. The van der Waals surface area contributed by atoms with Crippen LogP contribution < -0.4 is 14.8 Å². The Hall–Kier alpha value is -2.34. The SMILES string of the molecule is COc1cccc(C(=O)Nc2nc(Cl)cc(OC)n2)c1. The van der Waals surface area contributed by atoms with Gasteiger partial charge in [-0.25, -0.2) is 4.98 Å². The van der Waals surface area contributed by atoms with Crippen LogP contribution in [-0.2, 0) is 0 Å². The third kappa shape index (κ3) is 3.36. The highest BCUT2D eigenvalue weighted by atomic mass is 35.5. The molecule has 2 aromatic rings. The van der Waals surface area contributed by atoms with E-state index in [1.54, 1.807) is 24.3 Å². The molecule has 20 heavy (non-hydrogen) atoms. The quantitative estimate of drug-likeness (QED) is 0.876. The average molecular weight is 294 g/mol. The second kappa shape index (κ2) is 6.21. The summed E-state index contributed by atoms with van der Waals surface area (Å²) < 4.78 is 10.0. The van der Waals surface area contributed by atoms with Crippen molar-refractivity contribution in [2.24, 2.45) is 0 Å². The maximum absolute atomic E-state index is 12.1. The van der Waals surface area contributed by atoms with Crippen molar-refractivity contribution in [1.82, 2.24) is 9.97 Å². The lowest BCUT2D eigenvalue weighted by Crippen LogP contribution is -2.14. The molecule has 0 radical (unpaired) electrons. The molecule has 0 unspecified atom stereocenters. The highest BCUT2D eigenvalue weighted by Gasteiger charge is 2.10. The fourth-order valence-electron chi connectivity index (χ4n) is 1.50. The molecule has 0 aliphatic heterocycles. The van der Waals surface area contributed by atoms with Crippen LogP contribution in [0.1, 0.15) is 10.4 Å². The van der Waals surface area contributed by atoms with Crippen molar-refractivity contribution in [2.45, 2.75) is 0 Å². The van der Waals surface area contributed by atoms with Crippen molar-refractivity contribution >= 4 is 23.5 Å². The van der Waals surface area contributed by atoms with E-state index in [4.69, 9.17) is 21.1 Å². The van der Waals surface area contributed by atoms with Gasteiger partial charge in [-0.1, -0.05) is 17.7 Å². The van der Waals surface area contributed by atoms with Gasteiger partial charge in [-0.3, -0.25) is 10.1 Å². The van der Waals surface area contributed by atoms with Crippen LogP contribution in [0.2, 0.25) is 5.15 Å². The van der Waals surface area contributed by atoms with Crippen LogP contribution in [0.4, 0.5) is 5.95 Å². The van der Waals surface area contributed by atoms with E-state index >= 15 is 0 Å². The maximum atomic E-state index is 12.1. The lowest BCUT2D eigenvalue weighted by molar-refractivity contribution is 0.102. The Morgan fingerprint density at radius 1 is 1.20 bits per heavy atom. The molecule has 0 saturated carbocycles. The zero-order chi connectivity index (χ0) is 14.5. The Morgan fingerprint density at radius 3 is 2.70 bits per heavy atom. The van der Waals surface area contributed by atoms with E-state index in [1.165, 1.54) is 20.3 Å². The molecule has 1 amide bonds. The van der Waals surface area contributed by atoms with Gasteiger partial charge in [-0.2, -0.15) is 4.98 Å². The number of rotatable bonds is 4. The summed E-state index contributed by atoms with van der Waals surface area (Å²) in [5, 5.41) is 2.72. The molecule has 2 rings (SSSR count). The molecule has 1 heterocycles. The van der Waals surface area contributed by atoms with Crippen LogP contribution in [0.5, 0.6) is 11.6 Å². The molecule has 0 saturated heterocycles. The monoisotopic (exact) mass is 293 g/mol. The minimum atomic E-state index is -0.367. The summed E-state index contributed by atoms with van der Waals surface area (Å²) in [7, 11) is 2.98. The number of anilines is 1. The summed E-state index contributed by atoms with van der Waals surface area (Å²) >= 11 is 5.80. The van der Waals surface area contributed by atoms with Gasteiger partial charge in [-0.05, 0) is 18.2 Å². The molecule has 1 aromatic heterocycles. The van der Waals surface area contributed by atoms with Gasteiger partial charge in [0.15, 0.2) is 0 Å². The number of hydrogen-bond acceptors (Lipinski definition) is 5. The average Bonchev–Trinajstić information content (AvgIpc) is 2.46. The zero-order valence-corrected chi connectivity index (χ0v) is 11.6. The number of halogens is 1. The Morgan fingerprint density at radius 2 is 2.00 bits per heavy atom. The van der Waals surface area contributed by atoms with Gasteiger partial charge < -0.3 is 9.47 Å². The molecule has 0 spiro atoms. The molecule has 1 N–H and O–H groups in total. The summed E-state index contributed by atoms with van der Waals surface area (Å²) in [6.07, 6.45) is 0. The fourth-order valence-corrected chi connectivity index (χ4v) is 1.67. The molecule has 6 nitrogen and oxygen atoms in total. The minimum absolute atomic E-state index is 0.0715. The van der Waals surface area contributed by atoms with Crippen molar-refractivity contribution in [3.05, 3.63) is 41.0 Å². The Labute approximate surface area is 120 Å². The molecule has 1 aromatic carbocycles. The van der Waals surface area contributed by atoms with E-state index in [2.05, 4.69) is 15.3 Å². The largest absolute Gasteiger partial charge is 0.497 e. The normalized spacial score (nSPS) is 9.95. The van der Waals surface area contributed by atoms with Crippen molar-refractivity contribution in [2.75, 3.05) is 19.5 Å². The summed E-state index contributed by atoms with van der Waals surface area (Å²) in [6.45, 7) is 0. The first-order chi connectivity index (χ1) is 9.62. The number of carbonyl (C=O) groups excluding carboxylic acids is 1. The predicted octanol–water partition coefficient (Wildman–Crippen LogP) is 2.40. The van der Waals surface area contributed by atoms with Crippen LogP contribution in [0.25, 0.3) is 0 Å². The van der Waals surface area contributed by atoms with E-state index < -0.39 is 0 Å². The highest BCUT2D eigenvalue weighted by Crippen LogP contribution is 2.17. The van der Waals surface area contributed by atoms with Gasteiger partial charge in [0.25, 0.3) is 5.91 Å². The minimum Gasteiger partial charge on any atom is -0.497 e. The van der Waals surface area contributed by atoms with Gasteiger partial charge in [-0.15, -0.1) is 0 Å². The molecule has 0 atom stereocenters. The van der Waals surface area contributed by atoms with Crippen molar-refractivity contribution < 1.29 is 14.3 Å². The van der Waals surface area contributed by atoms with Crippen molar-refractivity contribution in [3.63, 3.8) is 0 Å². The lowest BCUT2D eigenvalue weighted by atomic mass is 10.2. The third-order valence-corrected chi connectivity index (χ3v) is 2.63. The van der Waals surface area contributed by atoms with Gasteiger partial charge in [0, 0.05) is 11.6 Å². The fraction of sp³-hybridized carbons (Fsp3) is 0.154. The van der Waals surface area contributed by atoms with E-state index in [9.17, 15) is 4.79 Å². The number of nitrogens with one attached hydrogen (secondary N) is 1. The van der Waals surface area contributed by atoms with E-state index in [-0.39, 0.29) is 22.9 Å². The summed E-state index contributed by atoms with van der Waals surface area (Å²) in [6, 6.07) is 8.17. The standard InChI is InChI=1S/C13H12ClN3O3/c1-19-9-5-3-4-8(6-9)12(18)17-13-15-10(14)7-11(16-13)20-2/h3-7H,1-2H3,(H,15,16,17,18). The predicted molar refractivity (Wildman–Crippen MR) is 74.5 cm³/mol. The molecular weight excluding hydrogens is 282 g/mol. The highest BCUT2D eigenvalue weighted by molar-refractivity contribution is 6.29. The Bertz CT molecular complexity index is 634. The number of methoxy groups -OCH3 is 2. The van der Waals surface area contributed by atoms with E-state index in [1.807, 2.05) is 0 Å². The van der Waals surface area contributed by atoms with Gasteiger partial charge in [0.05, 0.1) is 14.2 Å². The van der Waals surface area contributed by atoms with Gasteiger partial charge >= 0.3 is 0 Å². The summed E-state index contributed by atoms with van der Waals surface area (Å²) in [5.41, 5.74) is 0.423. The third-order valence-electron chi connectivity index (χ3n) is 2.44. The van der Waals surface area contributed by atoms with E-state index in [0.717, 1.165) is 0 Å². The smallest absolute Gasteiger partial charge is 0.258 e. The maximum Gasteiger partial charge on any atom is 0.258 e. The van der Waals surface area contributed by atoms with Gasteiger partial charge in [0.2, 0.25) is 11.8 Å². The molecule has 0 bridgehead atoms. The second-order valence-corrected chi connectivity index (χ2v) is 4.13. The molecule has 0 aliphatic rings. The van der Waals surface area contributed by atoms with Crippen LogP contribution in [0.15, 0.2) is 30.3 Å². The molecule has 0 aliphatic carbocycles. The number of carbonyl (C=O) groups is 1. The van der Waals surface area contributed by atoms with Crippen molar-refractivity contribution in [3.8, 4) is 11.6 Å². The number of aromatic nitrogens is 2. The van der Waals surface area contributed by atoms with Crippen LogP contribution in [0.3, 0.4) is 0 Å². The van der Waals surface area contributed by atoms with Crippen LogP contribution >= 0.6 is 11.6 Å². The summed E-state index contributed by atoms with van der Waals surface area (Å²) in [5.74, 6) is 0.559. The molecule has 7 heteroatoms. The number of ether oxygens (including phenoxy) is 2. The number of nitrogens with zero attached hydrogens (tertiary/aromatic N) is 2. The lowest BCUT2D eigenvalue weighted by Gasteiger charge is -2.07. The first-order valence-corrected chi connectivity index (χ1v) is 6.04. The van der Waals surface area contributed by atoms with Gasteiger partial charge in [0.1, 0.15) is 10.9 Å². The first-order valence-electron chi connectivity index (χ1n) is 5.66. The zero-order valence-electron chi connectivity index (χ0n) is 10.9. The Balaban J connectivity index is 2.20.